The number of Topliss-reactive ketones (excluding diaryl/α,β-unsaturated/α-hetero) is 1. The van der Waals surface area contributed by atoms with Gasteiger partial charge in [-0.25, -0.2) is 0 Å². The molecule has 6 aliphatic rings. The second kappa shape index (κ2) is 14.9. The molecule has 10 rings (SSSR count). The SMILES string of the molecule is CC1C=CC(C(O)CC(=O)CCc2cc3c(cc2O)OC#CC2(CCCC2)C2C#CC(O)c4ccc5c6c4C(CCC6CNC5N)c4c[nH]c5cn(cc45)C2O3)C(O)C1. The lowest BCUT2D eigenvalue weighted by Crippen LogP contribution is -2.40. The fourth-order valence-electron chi connectivity index (χ4n) is 11.1. The van der Waals surface area contributed by atoms with Gasteiger partial charge in [0.15, 0.2) is 17.7 Å². The number of fused-ring (bicyclic) bond motifs is 6. The van der Waals surface area contributed by atoms with Crippen molar-refractivity contribution in [2.45, 2.75) is 114 Å². The number of carbonyl (C=O) groups is 1. The molecule has 306 valence electrons. The van der Waals surface area contributed by atoms with Crippen LogP contribution in [-0.2, 0) is 11.2 Å². The fraction of sp³-hybridized carbons (Fsp3) is 0.479. The van der Waals surface area contributed by atoms with Crippen molar-refractivity contribution in [1.82, 2.24) is 14.9 Å². The average Bonchev–Trinajstić information content (AvgIpc) is 3.96. The summed E-state index contributed by atoms with van der Waals surface area (Å²) in [7, 11) is 0. The van der Waals surface area contributed by atoms with E-state index in [1.807, 2.05) is 25.1 Å². The van der Waals surface area contributed by atoms with Crippen LogP contribution in [0, 0.1) is 47.0 Å². The van der Waals surface area contributed by atoms with Gasteiger partial charge < -0.3 is 45.2 Å². The highest BCUT2D eigenvalue weighted by Crippen LogP contribution is 2.53. The van der Waals surface area contributed by atoms with Crippen LogP contribution in [0.3, 0.4) is 0 Å². The number of allylic oxidation sites excluding steroid dienone is 1. The second-order valence-electron chi connectivity index (χ2n) is 17.9. The number of H-pyrrole nitrogens is 1. The summed E-state index contributed by atoms with van der Waals surface area (Å²) in [6.07, 6.45) is 15.4. The number of aliphatic hydroxyl groups excluding tert-OH is 3. The minimum atomic E-state index is -1.06. The summed E-state index contributed by atoms with van der Waals surface area (Å²) in [5.41, 5.74) is 12.9. The summed E-state index contributed by atoms with van der Waals surface area (Å²) in [6.45, 7) is 2.81. The molecule has 11 heteroatoms. The molecule has 1 fully saturated rings. The van der Waals surface area contributed by atoms with Crippen LogP contribution in [-0.4, -0.2) is 54.5 Å². The molecule has 2 aromatic heterocycles. The van der Waals surface area contributed by atoms with Crippen LogP contribution in [0.25, 0.3) is 10.9 Å². The van der Waals surface area contributed by atoms with E-state index in [4.69, 9.17) is 15.2 Å². The molecule has 0 amide bonds. The molecule has 3 aliphatic carbocycles. The second-order valence-corrected chi connectivity index (χ2v) is 17.9. The molecule has 59 heavy (non-hydrogen) atoms. The van der Waals surface area contributed by atoms with Gasteiger partial charge in [-0.15, -0.1) is 0 Å². The number of nitrogens with two attached hydrogens (primary N) is 1. The number of aryl methyl sites for hydroxylation is 1. The fourth-order valence-corrected chi connectivity index (χ4v) is 11.1. The minimum Gasteiger partial charge on any atom is -0.508 e. The van der Waals surface area contributed by atoms with E-state index in [1.165, 1.54) is 11.6 Å². The number of ketones is 1. The van der Waals surface area contributed by atoms with E-state index in [1.54, 1.807) is 6.07 Å². The third-order valence-corrected chi connectivity index (χ3v) is 14.2. The first-order chi connectivity index (χ1) is 28.6. The summed E-state index contributed by atoms with van der Waals surface area (Å²) < 4.78 is 15.2. The summed E-state index contributed by atoms with van der Waals surface area (Å²) in [5, 5.41) is 49.3. The Hall–Kier alpha value is -5.01. The molecule has 0 radical (unpaired) electrons. The number of rotatable bonds is 6. The number of aromatic amines is 1. The van der Waals surface area contributed by atoms with Gasteiger partial charge in [0.05, 0.1) is 35.2 Å². The summed E-state index contributed by atoms with van der Waals surface area (Å²) in [4.78, 5) is 16.7. The van der Waals surface area contributed by atoms with Gasteiger partial charge in [0.2, 0.25) is 0 Å². The lowest BCUT2D eigenvalue weighted by atomic mass is 9.68. The highest BCUT2D eigenvalue weighted by atomic mass is 16.5. The van der Waals surface area contributed by atoms with Gasteiger partial charge in [0.25, 0.3) is 0 Å². The third-order valence-electron chi connectivity index (χ3n) is 14.2. The van der Waals surface area contributed by atoms with Crippen molar-refractivity contribution in [3.8, 4) is 41.1 Å². The van der Waals surface area contributed by atoms with Crippen LogP contribution in [0.15, 0.2) is 55.0 Å². The van der Waals surface area contributed by atoms with E-state index < -0.39 is 41.8 Å². The normalized spacial score (nSPS) is 30.3. The topological polar surface area (TPSA) is 175 Å². The molecule has 3 aliphatic heterocycles. The number of nitrogens with zero attached hydrogens (tertiary/aromatic N) is 1. The van der Waals surface area contributed by atoms with E-state index >= 15 is 0 Å². The number of phenols is 1. The van der Waals surface area contributed by atoms with Crippen molar-refractivity contribution in [2.75, 3.05) is 6.54 Å². The Kier molecular flexibility index (Phi) is 9.66. The first kappa shape index (κ1) is 38.2. The molecular weight excluding hydrogens is 745 g/mol. The summed E-state index contributed by atoms with van der Waals surface area (Å²) >= 11 is 0. The van der Waals surface area contributed by atoms with E-state index in [2.05, 4.69) is 63.4 Å². The molecule has 10 atom stereocenters. The average molecular weight is 797 g/mol. The Morgan fingerprint density at radius 2 is 1.88 bits per heavy atom. The molecule has 2 bridgehead atoms. The number of hydrogen-bond donors (Lipinski definition) is 7. The monoisotopic (exact) mass is 796 g/mol. The zero-order valence-corrected chi connectivity index (χ0v) is 33.3. The summed E-state index contributed by atoms with van der Waals surface area (Å²) in [6, 6.07) is 7.28. The number of nitrogens with one attached hydrogen (secondary N) is 2. The van der Waals surface area contributed by atoms with Crippen molar-refractivity contribution in [3.05, 3.63) is 88.4 Å². The highest BCUT2D eigenvalue weighted by molar-refractivity contribution is 5.84. The van der Waals surface area contributed by atoms with Crippen LogP contribution in [0.1, 0.15) is 128 Å². The van der Waals surface area contributed by atoms with E-state index in [9.17, 15) is 25.2 Å². The molecule has 11 nitrogen and oxygen atoms in total. The van der Waals surface area contributed by atoms with Gasteiger partial charge >= 0.3 is 0 Å². The van der Waals surface area contributed by atoms with Gasteiger partial charge in [0.1, 0.15) is 23.7 Å². The first-order valence-corrected chi connectivity index (χ1v) is 21.4. The van der Waals surface area contributed by atoms with Gasteiger partial charge in [-0.05, 0) is 89.8 Å². The molecular formula is C48H52N4O7. The Balaban J connectivity index is 1.03. The molecule has 8 N–H and O–H groups in total. The summed E-state index contributed by atoms with van der Waals surface area (Å²) in [5.74, 6) is 10.3. The van der Waals surface area contributed by atoms with Crippen LogP contribution in [0.4, 0.5) is 0 Å². The number of hydrogen-bond acceptors (Lipinski definition) is 9. The lowest BCUT2D eigenvalue weighted by Gasteiger charge is -2.40. The predicted octanol–water partition coefficient (Wildman–Crippen LogP) is 6.23. The van der Waals surface area contributed by atoms with Gasteiger partial charge in [-0.3, -0.25) is 10.1 Å². The maximum atomic E-state index is 13.2. The number of phenolic OH excluding ortho intramolecular Hbond substituents is 1. The van der Waals surface area contributed by atoms with Crippen molar-refractivity contribution < 1.29 is 34.7 Å². The maximum absolute atomic E-state index is 13.2. The zero-order valence-electron chi connectivity index (χ0n) is 33.3. The first-order valence-electron chi connectivity index (χ1n) is 21.4. The molecule has 4 aromatic rings. The third kappa shape index (κ3) is 6.65. The van der Waals surface area contributed by atoms with Crippen molar-refractivity contribution in [3.63, 3.8) is 0 Å². The molecule has 0 saturated heterocycles. The maximum Gasteiger partial charge on any atom is 0.191 e. The highest BCUT2D eigenvalue weighted by Gasteiger charge is 2.47. The van der Waals surface area contributed by atoms with E-state index in [0.29, 0.717) is 23.7 Å². The number of aromatic nitrogens is 2. The Morgan fingerprint density at radius 3 is 2.71 bits per heavy atom. The lowest BCUT2D eigenvalue weighted by molar-refractivity contribution is -0.122. The van der Waals surface area contributed by atoms with Crippen LogP contribution in [0.5, 0.6) is 17.2 Å². The molecule has 5 heterocycles. The van der Waals surface area contributed by atoms with Gasteiger partial charge in [-0.1, -0.05) is 61.8 Å². The molecule has 1 saturated carbocycles. The van der Waals surface area contributed by atoms with Crippen LogP contribution < -0.4 is 20.5 Å². The van der Waals surface area contributed by atoms with Crippen LogP contribution >= 0.6 is 0 Å². The Bertz CT molecular complexity index is 2470. The number of aromatic hydroxyl groups is 1. The predicted molar refractivity (Wildman–Crippen MR) is 221 cm³/mol. The number of carbonyl (C=O) groups excluding carboxylic acids is 1. The minimum absolute atomic E-state index is 0.0302. The van der Waals surface area contributed by atoms with Gasteiger partial charge in [0, 0.05) is 61.3 Å². The van der Waals surface area contributed by atoms with Gasteiger partial charge in [-0.2, -0.15) is 0 Å². The standard InChI is InChI=1S/C48H52N4O7/c1-26-4-8-31(40(56)18-26)41(57)20-29(53)7-5-27-19-43-42(21-39(27)55)58-17-16-48(14-2-3-15-48)36-12-13-38(54)32-10-11-33-44-28(22-51-46(33)49)6-9-30(45(32)44)34-23-50-37-25-52(24-35(34)37)47(36)59-43/h4,8,10-11,19,21,23-26,28,30-31,36,38,40-41,46-47,50-51,54-57H,2-3,5-7,9,14-15,18,20,22,49H2,1H3. The number of ether oxygens (including phenoxy) is 2. The van der Waals surface area contributed by atoms with Crippen molar-refractivity contribution in [2.24, 2.45) is 28.9 Å². The van der Waals surface area contributed by atoms with E-state index in [0.717, 1.165) is 78.2 Å². The Morgan fingerprint density at radius 1 is 1.05 bits per heavy atom. The molecule has 10 unspecified atom stereocenters. The number of benzene rings is 2. The van der Waals surface area contributed by atoms with Crippen LogP contribution in [0.2, 0.25) is 0 Å². The quantitative estimate of drug-likeness (QED) is 0.0882. The Labute approximate surface area is 344 Å². The number of aliphatic hydroxyl groups is 3. The van der Waals surface area contributed by atoms with Crippen molar-refractivity contribution in [1.29, 1.82) is 0 Å². The molecule has 1 spiro atoms. The zero-order chi connectivity index (χ0) is 40.6. The van der Waals surface area contributed by atoms with Crippen molar-refractivity contribution >= 4 is 16.7 Å². The molecule has 2 aromatic carbocycles. The smallest absolute Gasteiger partial charge is 0.191 e. The van der Waals surface area contributed by atoms with E-state index in [-0.39, 0.29) is 54.5 Å². The largest absolute Gasteiger partial charge is 0.508 e.